The average molecular weight is 286 g/mol. The van der Waals surface area contributed by atoms with Crippen molar-refractivity contribution >= 4 is 0 Å². The Kier molecular flexibility index (Phi) is 3.05. The lowest BCUT2D eigenvalue weighted by Gasteiger charge is -2.38. The molecule has 2 unspecified atom stereocenters. The summed E-state index contributed by atoms with van der Waals surface area (Å²) in [6.07, 6.45) is 5.99. The van der Waals surface area contributed by atoms with Gasteiger partial charge >= 0.3 is 0 Å². The maximum Gasteiger partial charge on any atom is 0.127 e. The van der Waals surface area contributed by atoms with Crippen molar-refractivity contribution in [3.8, 4) is 5.75 Å². The van der Waals surface area contributed by atoms with E-state index in [9.17, 15) is 0 Å². The van der Waals surface area contributed by atoms with Crippen LogP contribution in [0, 0.1) is 0 Å². The zero-order valence-corrected chi connectivity index (χ0v) is 13.1. The van der Waals surface area contributed by atoms with Gasteiger partial charge in [0.2, 0.25) is 0 Å². The number of ether oxygens (including phenoxy) is 1. The van der Waals surface area contributed by atoms with Crippen LogP contribution in [0.15, 0.2) is 18.2 Å². The predicted molar refractivity (Wildman–Crippen MR) is 84.4 cm³/mol. The van der Waals surface area contributed by atoms with E-state index in [1.54, 1.807) is 0 Å². The van der Waals surface area contributed by atoms with Crippen LogP contribution in [0.5, 0.6) is 5.75 Å². The summed E-state index contributed by atoms with van der Waals surface area (Å²) < 4.78 is 6.23. The second-order valence-electron chi connectivity index (χ2n) is 7.73. The van der Waals surface area contributed by atoms with E-state index >= 15 is 0 Å². The average Bonchev–Trinajstić information content (AvgIpc) is 2.83. The minimum absolute atomic E-state index is 0.0539. The Hall–Kier alpha value is -1.06. The number of nitrogens with two attached hydrogens (primary N) is 1. The number of fused-ring (bicyclic) bond motifs is 3. The van der Waals surface area contributed by atoms with Crippen molar-refractivity contribution in [2.75, 3.05) is 0 Å². The van der Waals surface area contributed by atoms with Gasteiger partial charge in [0.15, 0.2) is 0 Å². The largest absolute Gasteiger partial charge is 0.487 e. The number of hydrogen-bond acceptors (Lipinski definition) is 3. The highest BCUT2D eigenvalue weighted by atomic mass is 16.5. The van der Waals surface area contributed by atoms with Gasteiger partial charge < -0.3 is 10.5 Å². The standard InChI is InChI=1S/C18H26N2O/c1-18(2)10-12-4-3-5-13(17(12)21-18)11-20-15-6-7-16(20)9-14(19)8-15/h3-5,14-16H,6-11,19H2,1-2H3. The van der Waals surface area contributed by atoms with Gasteiger partial charge in [-0.3, -0.25) is 4.90 Å². The lowest BCUT2D eigenvalue weighted by atomic mass is 9.96. The molecule has 0 radical (unpaired) electrons. The molecule has 2 fully saturated rings. The van der Waals surface area contributed by atoms with Gasteiger partial charge in [-0.2, -0.15) is 0 Å². The van der Waals surface area contributed by atoms with E-state index in [1.807, 2.05) is 0 Å². The first kappa shape index (κ1) is 13.6. The molecule has 3 aliphatic heterocycles. The van der Waals surface area contributed by atoms with Gasteiger partial charge in [0.05, 0.1) is 0 Å². The molecule has 0 aliphatic carbocycles. The van der Waals surface area contributed by atoms with Crippen molar-refractivity contribution in [3.05, 3.63) is 29.3 Å². The summed E-state index contributed by atoms with van der Waals surface area (Å²) in [6, 6.07) is 8.43. The molecule has 4 rings (SSSR count). The van der Waals surface area contributed by atoms with Crippen LogP contribution in [0.4, 0.5) is 0 Å². The molecule has 1 aromatic rings. The molecule has 3 heteroatoms. The highest BCUT2D eigenvalue weighted by Gasteiger charge is 2.40. The van der Waals surface area contributed by atoms with Crippen LogP contribution in [0.25, 0.3) is 0 Å². The Labute approximate surface area is 127 Å². The topological polar surface area (TPSA) is 38.5 Å². The quantitative estimate of drug-likeness (QED) is 0.908. The first-order valence-electron chi connectivity index (χ1n) is 8.33. The van der Waals surface area contributed by atoms with Crippen molar-refractivity contribution < 1.29 is 4.74 Å². The molecule has 3 heterocycles. The molecule has 2 atom stereocenters. The SMILES string of the molecule is CC1(C)Cc2cccc(CN3C4CCC3CC(N)C4)c2O1. The van der Waals surface area contributed by atoms with Crippen molar-refractivity contribution in [2.45, 2.75) is 76.2 Å². The Morgan fingerprint density at radius 3 is 2.67 bits per heavy atom. The van der Waals surface area contributed by atoms with Crippen LogP contribution in [0.1, 0.15) is 50.7 Å². The summed E-state index contributed by atoms with van der Waals surface area (Å²) in [4.78, 5) is 2.69. The second kappa shape index (κ2) is 4.72. The van der Waals surface area contributed by atoms with Gasteiger partial charge in [-0.1, -0.05) is 18.2 Å². The van der Waals surface area contributed by atoms with Crippen molar-refractivity contribution in [1.82, 2.24) is 4.90 Å². The number of hydrogen-bond donors (Lipinski definition) is 1. The van der Waals surface area contributed by atoms with Gasteiger partial charge in [0.1, 0.15) is 11.4 Å². The van der Waals surface area contributed by atoms with E-state index in [2.05, 4.69) is 36.9 Å². The first-order valence-corrected chi connectivity index (χ1v) is 8.33. The Balaban J connectivity index is 1.58. The fourth-order valence-electron chi connectivity index (χ4n) is 4.57. The van der Waals surface area contributed by atoms with E-state index in [4.69, 9.17) is 10.5 Å². The van der Waals surface area contributed by atoms with Gasteiger partial charge in [0, 0.05) is 36.7 Å². The molecular weight excluding hydrogens is 260 g/mol. The molecule has 0 amide bonds. The lowest BCUT2D eigenvalue weighted by Crippen LogP contribution is -2.46. The van der Waals surface area contributed by atoms with Gasteiger partial charge in [-0.15, -0.1) is 0 Å². The number of benzene rings is 1. The second-order valence-corrected chi connectivity index (χ2v) is 7.73. The molecule has 3 nitrogen and oxygen atoms in total. The van der Waals surface area contributed by atoms with Gasteiger partial charge in [0.25, 0.3) is 0 Å². The number of rotatable bonds is 2. The molecule has 2 bridgehead atoms. The number of nitrogens with zero attached hydrogens (tertiary/aromatic N) is 1. The summed E-state index contributed by atoms with van der Waals surface area (Å²) in [5, 5.41) is 0. The minimum Gasteiger partial charge on any atom is -0.487 e. The van der Waals surface area contributed by atoms with Crippen LogP contribution < -0.4 is 10.5 Å². The smallest absolute Gasteiger partial charge is 0.127 e. The van der Waals surface area contributed by atoms with E-state index < -0.39 is 0 Å². The van der Waals surface area contributed by atoms with E-state index in [0.29, 0.717) is 18.1 Å². The van der Waals surface area contributed by atoms with E-state index in [0.717, 1.165) is 31.6 Å². The maximum absolute atomic E-state index is 6.23. The Morgan fingerprint density at radius 2 is 1.95 bits per heavy atom. The van der Waals surface area contributed by atoms with E-state index in [1.165, 1.54) is 24.0 Å². The third-order valence-electron chi connectivity index (χ3n) is 5.45. The predicted octanol–water partition coefficient (Wildman–Crippen LogP) is 2.85. The lowest BCUT2D eigenvalue weighted by molar-refractivity contribution is 0.111. The third-order valence-corrected chi connectivity index (χ3v) is 5.45. The van der Waals surface area contributed by atoms with Crippen LogP contribution in [-0.2, 0) is 13.0 Å². The van der Waals surface area contributed by atoms with Gasteiger partial charge in [-0.05, 0) is 45.1 Å². The van der Waals surface area contributed by atoms with Crippen LogP contribution in [0.2, 0.25) is 0 Å². The molecular formula is C18H26N2O. The molecule has 2 saturated heterocycles. The molecule has 114 valence electrons. The molecule has 2 N–H and O–H groups in total. The fourth-order valence-corrected chi connectivity index (χ4v) is 4.57. The van der Waals surface area contributed by atoms with Crippen molar-refractivity contribution in [3.63, 3.8) is 0 Å². The molecule has 0 saturated carbocycles. The Morgan fingerprint density at radius 1 is 1.24 bits per heavy atom. The fraction of sp³-hybridized carbons (Fsp3) is 0.667. The van der Waals surface area contributed by atoms with Crippen molar-refractivity contribution in [1.29, 1.82) is 0 Å². The number of para-hydroxylation sites is 1. The van der Waals surface area contributed by atoms with Crippen LogP contribution in [0.3, 0.4) is 0 Å². The summed E-state index contributed by atoms with van der Waals surface area (Å²) >= 11 is 0. The monoisotopic (exact) mass is 286 g/mol. The Bertz CT molecular complexity index is 540. The van der Waals surface area contributed by atoms with Gasteiger partial charge in [-0.25, -0.2) is 0 Å². The third kappa shape index (κ3) is 2.36. The van der Waals surface area contributed by atoms with Crippen molar-refractivity contribution in [2.24, 2.45) is 5.73 Å². The zero-order chi connectivity index (χ0) is 14.6. The molecule has 3 aliphatic rings. The molecule has 0 aromatic heterocycles. The normalized spacial score (nSPS) is 33.8. The highest BCUT2D eigenvalue weighted by molar-refractivity contribution is 5.45. The summed E-state index contributed by atoms with van der Waals surface area (Å²) in [6.45, 7) is 5.39. The molecule has 1 aromatic carbocycles. The number of piperidine rings is 1. The summed E-state index contributed by atoms with van der Waals surface area (Å²) in [7, 11) is 0. The minimum atomic E-state index is -0.0539. The highest BCUT2D eigenvalue weighted by Crippen LogP contribution is 2.41. The maximum atomic E-state index is 6.23. The summed E-state index contributed by atoms with van der Waals surface area (Å²) in [5.74, 6) is 1.15. The molecule has 21 heavy (non-hydrogen) atoms. The van der Waals surface area contributed by atoms with Crippen LogP contribution >= 0.6 is 0 Å². The summed E-state index contributed by atoms with van der Waals surface area (Å²) in [5.41, 5.74) is 8.87. The van der Waals surface area contributed by atoms with E-state index in [-0.39, 0.29) is 5.60 Å². The van der Waals surface area contributed by atoms with Crippen LogP contribution in [-0.4, -0.2) is 28.6 Å². The molecule has 0 spiro atoms. The first-order chi connectivity index (χ1) is 10.0. The zero-order valence-electron chi connectivity index (χ0n) is 13.1.